The summed E-state index contributed by atoms with van der Waals surface area (Å²) in [7, 11) is 0. The third-order valence-corrected chi connectivity index (χ3v) is 10.6. The molecule has 0 spiro atoms. The first-order valence-corrected chi connectivity index (χ1v) is 15.8. The molecule has 0 bridgehead atoms. The molecule has 1 aliphatic carbocycles. The molecule has 0 aliphatic heterocycles. The summed E-state index contributed by atoms with van der Waals surface area (Å²) >= 11 is 1.87. The van der Waals surface area contributed by atoms with Gasteiger partial charge in [-0.3, -0.25) is 0 Å². The van der Waals surface area contributed by atoms with Crippen LogP contribution in [0.5, 0.6) is 0 Å². The molecule has 0 atom stereocenters. The zero-order chi connectivity index (χ0) is 28.7. The Kier molecular flexibility index (Phi) is 5.18. The van der Waals surface area contributed by atoms with Gasteiger partial charge in [-0.15, -0.1) is 11.3 Å². The number of nitrogens with zero attached hydrogens (tertiary/aromatic N) is 1. The molecule has 43 heavy (non-hydrogen) atoms. The van der Waals surface area contributed by atoms with Gasteiger partial charge in [-0.25, -0.2) is 0 Å². The molecule has 1 aliphatic rings. The van der Waals surface area contributed by atoms with E-state index >= 15 is 0 Å². The van der Waals surface area contributed by atoms with E-state index in [4.69, 9.17) is 0 Å². The van der Waals surface area contributed by atoms with Crippen LogP contribution < -0.4 is 4.90 Å². The Morgan fingerprint density at radius 2 is 1.26 bits per heavy atom. The minimum atomic E-state index is -0.140. The molecule has 0 saturated carbocycles. The van der Waals surface area contributed by atoms with Crippen molar-refractivity contribution >= 4 is 70.1 Å². The van der Waals surface area contributed by atoms with Crippen molar-refractivity contribution in [2.24, 2.45) is 0 Å². The molecule has 0 N–H and O–H groups in total. The fraction of sp³-hybridized carbons (Fsp3) is 0.0732. The molecule has 7 aromatic carbocycles. The number of fused-ring (bicyclic) bond motifs is 10. The lowest BCUT2D eigenvalue weighted by molar-refractivity contribution is 0.666. The van der Waals surface area contributed by atoms with E-state index in [0.29, 0.717) is 0 Å². The van der Waals surface area contributed by atoms with E-state index in [0.717, 1.165) is 5.69 Å². The van der Waals surface area contributed by atoms with Crippen molar-refractivity contribution in [3.05, 3.63) is 151 Å². The first-order valence-electron chi connectivity index (χ1n) is 14.9. The molecule has 1 heterocycles. The van der Waals surface area contributed by atoms with Crippen LogP contribution in [0.3, 0.4) is 0 Å². The van der Waals surface area contributed by atoms with Gasteiger partial charge in [0, 0.05) is 42.5 Å². The summed E-state index contributed by atoms with van der Waals surface area (Å²) < 4.78 is 2.65. The molecule has 0 fully saturated rings. The highest BCUT2D eigenvalue weighted by Gasteiger charge is 2.39. The van der Waals surface area contributed by atoms with Crippen LogP contribution in [0.4, 0.5) is 17.1 Å². The molecule has 1 aromatic heterocycles. The van der Waals surface area contributed by atoms with Crippen LogP contribution in [-0.2, 0) is 5.41 Å². The Bertz CT molecular complexity index is 2380. The average Bonchev–Trinajstić information content (AvgIpc) is 3.54. The number of rotatable bonds is 3. The molecule has 2 heteroatoms. The molecular weight excluding hydrogens is 539 g/mol. The maximum Gasteiger partial charge on any atom is 0.0543 e. The summed E-state index contributed by atoms with van der Waals surface area (Å²) in [5, 5.41) is 7.91. The summed E-state index contributed by atoms with van der Waals surface area (Å²) in [5.74, 6) is 0. The van der Waals surface area contributed by atoms with Crippen LogP contribution in [0.15, 0.2) is 140 Å². The molecule has 8 aromatic rings. The summed E-state index contributed by atoms with van der Waals surface area (Å²) in [6, 6.07) is 51.5. The standard InChI is InChI=1S/C41H29NS/c1-41(2)35-16-10-17-36(39(35)33-23-22-30-29-14-7-6-11-26(29)19-21-32(30)40(33)41)42(27-12-4-3-5-13-27)28-20-24-38-34(25-28)31-15-8-9-18-37(31)43-38/h3-25H,1-2H3. The lowest BCUT2D eigenvalue weighted by atomic mass is 9.80. The van der Waals surface area contributed by atoms with Crippen LogP contribution in [0, 0.1) is 0 Å². The second kappa shape index (κ2) is 9.04. The molecule has 0 unspecified atom stereocenters. The lowest BCUT2D eigenvalue weighted by Gasteiger charge is -2.29. The van der Waals surface area contributed by atoms with Gasteiger partial charge in [0.05, 0.1) is 5.69 Å². The molecule has 9 rings (SSSR count). The predicted molar refractivity (Wildman–Crippen MR) is 187 cm³/mol. The van der Waals surface area contributed by atoms with E-state index in [1.807, 2.05) is 11.3 Å². The van der Waals surface area contributed by atoms with Gasteiger partial charge < -0.3 is 4.90 Å². The van der Waals surface area contributed by atoms with Gasteiger partial charge in [0.25, 0.3) is 0 Å². The Morgan fingerprint density at radius 3 is 2.14 bits per heavy atom. The fourth-order valence-electron chi connectivity index (χ4n) is 7.49. The predicted octanol–water partition coefficient (Wildman–Crippen LogP) is 12.1. The molecule has 0 radical (unpaired) electrons. The van der Waals surface area contributed by atoms with Crippen LogP contribution in [0.1, 0.15) is 25.0 Å². The quantitative estimate of drug-likeness (QED) is 0.192. The maximum absolute atomic E-state index is 2.46. The number of para-hydroxylation sites is 1. The summed E-state index contributed by atoms with van der Waals surface area (Å²) in [6.07, 6.45) is 0. The Morgan fingerprint density at radius 1 is 0.512 bits per heavy atom. The van der Waals surface area contributed by atoms with E-state index in [1.165, 1.54) is 75.3 Å². The van der Waals surface area contributed by atoms with Crippen LogP contribution in [-0.4, -0.2) is 0 Å². The van der Waals surface area contributed by atoms with Gasteiger partial charge in [-0.1, -0.05) is 111 Å². The van der Waals surface area contributed by atoms with Gasteiger partial charge in [0.15, 0.2) is 0 Å². The SMILES string of the molecule is CC1(C)c2cccc(N(c3ccccc3)c3ccc4sc5ccccc5c4c3)c2-c2ccc3c(ccc4ccccc43)c21. The smallest absolute Gasteiger partial charge is 0.0543 e. The Balaban J connectivity index is 1.33. The van der Waals surface area contributed by atoms with Gasteiger partial charge >= 0.3 is 0 Å². The van der Waals surface area contributed by atoms with Crippen LogP contribution in [0.2, 0.25) is 0 Å². The van der Waals surface area contributed by atoms with Crippen molar-refractivity contribution in [2.45, 2.75) is 19.3 Å². The van der Waals surface area contributed by atoms with Crippen molar-refractivity contribution in [1.82, 2.24) is 0 Å². The first-order chi connectivity index (χ1) is 21.1. The highest BCUT2D eigenvalue weighted by Crippen LogP contribution is 2.56. The van der Waals surface area contributed by atoms with Crippen molar-refractivity contribution in [1.29, 1.82) is 0 Å². The minimum absolute atomic E-state index is 0.140. The normalized spacial score (nSPS) is 13.5. The van der Waals surface area contributed by atoms with E-state index in [1.54, 1.807) is 0 Å². The third kappa shape index (κ3) is 3.51. The number of benzene rings is 7. The van der Waals surface area contributed by atoms with E-state index in [-0.39, 0.29) is 5.41 Å². The number of hydrogen-bond donors (Lipinski definition) is 0. The number of hydrogen-bond acceptors (Lipinski definition) is 2. The lowest BCUT2D eigenvalue weighted by Crippen LogP contribution is -2.16. The second-order valence-corrected chi connectivity index (χ2v) is 13.2. The monoisotopic (exact) mass is 567 g/mol. The summed E-state index contributed by atoms with van der Waals surface area (Å²) in [6.45, 7) is 4.79. The first kappa shape index (κ1) is 24.7. The highest BCUT2D eigenvalue weighted by molar-refractivity contribution is 7.25. The highest BCUT2D eigenvalue weighted by atomic mass is 32.1. The van der Waals surface area contributed by atoms with Crippen LogP contribution >= 0.6 is 11.3 Å². The summed E-state index contributed by atoms with van der Waals surface area (Å²) in [4.78, 5) is 2.46. The minimum Gasteiger partial charge on any atom is -0.310 e. The molecule has 1 nitrogen and oxygen atoms in total. The van der Waals surface area contributed by atoms with Crippen molar-refractivity contribution < 1.29 is 0 Å². The van der Waals surface area contributed by atoms with E-state index < -0.39 is 0 Å². The maximum atomic E-state index is 2.46. The van der Waals surface area contributed by atoms with Crippen molar-refractivity contribution in [3.8, 4) is 11.1 Å². The topological polar surface area (TPSA) is 3.24 Å². The number of thiophene rings is 1. The zero-order valence-electron chi connectivity index (χ0n) is 24.1. The second-order valence-electron chi connectivity index (χ2n) is 12.1. The van der Waals surface area contributed by atoms with Gasteiger partial charge in [0.2, 0.25) is 0 Å². The Hall–Kier alpha value is -4.92. The van der Waals surface area contributed by atoms with Gasteiger partial charge in [-0.05, 0) is 80.7 Å². The molecule has 0 amide bonds. The van der Waals surface area contributed by atoms with Crippen molar-refractivity contribution in [3.63, 3.8) is 0 Å². The van der Waals surface area contributed by atoms with Gasteiger partial charge in [-0.2, -0.15) is 0 Å². The average molecular weight is 568 g/mol. The van der Waals surface area contributed by atoms with E-state index in [9.17, 15) is 0 Å². The van der Waals surface area contributed by atoms with Gasteiger partial charge in [0.1, 0.15) is 0 Å². The fourth-order valence-corrected chi connectivity index (χ4v) is 8.58. The third-order valence-electron chi connectivity index (χ3n) is 9.41. The van der Waals surface area contributed by atoms with E-state index in [2.05, 4.69) is 158 Å². The zero-order valence-corrected chi connectivity index (χ0v) is 25.0. The summed E-state index contributed by atoms with van der Waals surface area (Å²) in [5.41, 5.74) is 8.88. The van der Waals surface area contributed by atoms with Crippen molar-refractivity contribution in [2.75, 3.05) is 4.90 Å². The molecule has 0 saturated heterocycles. The molecule has 204 valence electrons. The molecular formula is C41H29NS. The van der Waals surface area contributed by atoms with Crippen LogP contribution in [0.25, 0.3) is 52.8 Å². The largest absolute Gasteiger partial charge is 0.310 e. The number of anilines is 3. The Labute approximate surface area is 255 Å².